The number of ether oxygens (including phenoxy) is 1. The summed E-state index contributed by atoms with van der Waals surface area (Å²) in [5, 5.41) is 7.77. The first-order chi connectivity index (χ1) is 17.4. The lowest BCUT2D eigenvalue weighted by atomic mass is 10.00. The number of amides is 1. The van der Waals surface area contributed by atoms with Gasteiger partial charge in [-0.2, -0.15) is 5.10 Å². The average molecular weight is 488 g/mol. The minimum absolute atomic E-state index is 0.0504. The molecule has 1 aliphatic carbocycles. The van der Waals surface area contributed by atoms with E-state index in [9.17, 15) is 4.79 Å². The molecule has 7 nitrogen and oxygen atoms in total. The van der Waals surface area contributed by atoms with E-state index in [1.807, 2.05) is 42.9 Å². The molecule has 1 aromatic heterocycles. The van der Waals surface area contributed by atoms with Crippen molar-refractivity contribution in [3.63, 3.8) is 0 Å². The van der Waals surface area contributed by atoms with E-state index < -0.39 is 0 Å². The van der Waals surface area contributed by atoms with Gasteiger partial charge in [0.15, 0.2) is 0 Å². The number of likely N-dealkylation sites (N-methyl/N-ethyl adjacent to an activating group) is 1. The summed E-state index contributed by atoms with van der Waals surface area (Å²) in [6.07, 6.45) is 6.59. The third-order valence-electron chi connectivity index (χ3n) is 7.49. The van der Waals surface area contributed by atoms with Crippen molar-refractivity contribution in [2.75, 3.05) is 45.2 Å². The quantitative estimate of drug-likeness (QED) is 0.506. The minimum Gasteiger partial charge on any atom is -0.496 e. The minimum atomic E-state index is -0.157. The fraction of sp³-hybridized carbons (Fsp3) is 0.448. The molecule has 190 valence electrons. The topological polar surface area (TPSA) is 62.6 Å². The normalized spacial score (nSPS) is 17.2. The Morgan fingerprint density at radius 3 is 2.64 bits per heavy atom. The highest BCUT2D eigenvalue weighted by Gasteiger charge is 2.23. The van der Waals surface area contributed by atoms with Crippen LogP contribution in [0.3, 0.4) is 0 Å². The maximum absolute atomic E-state index is 13.4. The van der Waals surface area contributed by atoms with Gasteiger partial charge in [-0.1, -0.05) is 12.1 Å². The Balaban J connectivity index is 1.33. The van der Waals surface area contributed by atoms with E-state index in [0.717, 1.165) is 77.9 Å². The van der Waals surface area contributed by atoms with Crippen molar-refractivity contribution < 1.29 is 9.53 Å². The van der Waals surface area contributed by atoms with Gasteiger partial charge in [0.2, 0.25) is 0 Å². The lowest BCUT2D eigenvalue weighted by Gasteiger charge is -2.34. The number of rotatable bonds is 8. The molecule has 0 radical (unpaired) electrons. The monoisotopic (exact) mass is 487 g/mol. The lowest BCUT2D eigenvalue weighted by molar-refractivity contribution is 0.0939. The Bertz CT molecular complexity index is 1220. The zero-order valence-electron chi connectivity index (χ0n) is 21.8. The Kier molecular flexibility index (Phi) is 7.01. The Hall–Kier alpha value is -3.32. The predicted octanol–water partition coefficient (Wildman–Crippen LogP) is 4.52. The number of anilines is 1. The fourth-order valence-electron chi connectivity index (χ4n) is 4.86. The second-order valence-corrected chi connectivity index (χ2v) is 10.3. The molecule has 2 fully saturated rings. The number of nitrogens with one attached hydrogen (secondary N) is 1. The van der Waals surface area contributed by atoms with Crippen LogP contribution in [0.1, 0.15) is 47.3 Å². The second kappa shape index (κ2) is 10.3. The van der Waals surface area contributed by atoms with E-state index >= 15 is 0 Å². The van der Waals surface area contributed by atoms with Gasteiger partial charge >= 0.3 is 0 Å². The molecule has 2 aromatic carbocycles. The molecular formula is C29H37N5O2. The van der Waals surface area contributed by atoms with Crippen LogP contribution in [-0.2, 0) is 6.54 Å². The molecule has 1 atom stereocenters. The number of methoxy groups -OCH3 is 1. The first kappa shape index (κ1) is 24.4. The molecule has 0 spiro atoms. The lowest BCUT2D eigenvalue weighted by Crippen LogP contribution is -2.44. The number of aromatic nitrogens is 2. The van der Waals surface area contributed by atoms with Crippen molar-refractivity contribution >= 4 is 11.6 Å². The third-order valence-corrected chi connectivity index (χ3v) is 7.49. The van der Waals surface area contributed by atoms with Gasteiger partial charge in [-0.15, -0.1) is 0 Å². The van der Waals surface area contributed by atoms with Gasteiger partial charge in [0.05, 0.1) is 19.3 Å². The smallest absolute Gasteiger partial charge is 0.252 e. The number of hydrogen-bond donors (Lipinski definition) is 1. The highest BCUT2D eigenvalue weighted by atomic mass is 16.5. The number of aryl methyl sites for hydroxylation is 1. The molecule has 1 aliphatic heterocycles. The van der Waals surface area contributed by atoms with Crippen molar-refractivity contribution in [2.45, 2.75) is 39.3 Å². The fourth-order valence-corrected chi connectivity index (χ4v) is 4.86. The summed E-state index contributed by atoms with van der Waals surface area (Å²) in [5.41, 5.74) is 5.88. The van der Waals surface area contributed by atoms with Crippen molar-refractivity contribution in [3.05, 3.63) is 65.5 Å². The summed E-state index contributed by atoms with van der Waals surface area (Å²) < 4.78 is 7.68. The predicted molar refractivity (Wildman–Crippen MR) is 144 cm³/mol. The molecule has 7 heteroatoms. The van der Waals surface area contributed by atoms with Gasteiger partial charge < -0.3 is 19.9 Å². The Labute approximate surface area is 214 Å². The zero-order valence-corrected chi connectivity index (χ0v) is 21.8. The molecule has 2 aliphatic rings. The number of carbonyl (C=O) groups is 1. The number of piperazine rings is 1. The maximum atomic E-state index is 13.4. The standard InChI is InChI=1S/C29H37N5O2/c1-20-5-9-25(33-13-11-32(3)12-14-33)16-26(20)29(35)31-21(2)23-8-10-28(36-4)27(15-23)24-17-30-34(19-24)18-22-6-7-22/h5,8-10,15-17,19,21-22H,6-7,11-14,18H2,1-4H3,(H,31,35). The molecule has 3 aromatic rings. The largest absolute Gasteiger partial charge is 0.496 e. The van der Waals surface area contributed by atoms with Gasteiger partial charge in [0.1, 0.15) is 5.75 Å². The second-order valence-electron chi connectivity index (χ2n) is 10.3. The van der Waals surface area contributed by atoms with Crippen LogP contribution >= 0.6 is 0 Å². The van der Waals surface area contributed by atoms with Crippen LogP contribution in [0.15, 0.2) is 48.8 Å². The molecular weight excluding hydrogens is 450 g/mol. The van der Waals surface area contributed by atoms with Crippen LogP contribution in [0.5, 0.6) is 5.75 Å². The van der Waals surface area contributed by atoms with E-state index in [4.69, 9.17) is 4.74 Å². The summed E-state index contributed by atoms with van der Waals surface area (Å²) >= 11 is 0. The van der Waals surface area contributed by atoms with Gasteiger partial charge in [0, 0.05) is 61.3 Å². The summed E-state index contributed by atoms with van der Waals surface area (Å²) in [4.78, 5) is 18.0. The molecule has 36 heavy (non-hydrogen) atoms. The van der Waals surface area contributed by atoms with E-state index in [2.05, 4.69) is 51.7 Å². The van der Waals surface area contributed by atoms with Gasteiger partial charge in [-0.3, -0.25) is 9.48 Å². The molecule has 1 unspecified atom stereocenters. The first-order valence-corrected chi connectivity index (χ1v) is 13.0. The molecule has 2 heterocycles. The Morgan fingerprint density at radius 2 is 1.92 bits per heavy atom. The van der Waals surface area contributed by atoms with Crippen LogP contribution in [0.2, 0.25) is 0 Å². The molecule has 1 saturated carbocycles. The van der Waals surface area contributed by atoms with Crippen molar-refractivity contribution in [3.8, 4) is 16.9 Å². The highest BCUT2D eigenvalue weighted by Crippen LogP contribution is 2.34. The summed E-state index contributed by atoms with van der Waals surface area (Å²) in [5.74, 6) is 1.52. The zero-order chi connectivity index (χ0) is 25.2. The van der Waals surface area contributed by atoms with E-state index in [1.54, 1.807) is 7.11 Å². The van der Waals surface area contributed by atoms with Crippen molar-refractivity contribution in [2.24, 2.45) is 5.92 Å². The van der Waals surface area contributed by atoms with Crippen LogP contribution < -0.4 is 15.0 Å². The maximum Gasteiger partial charge on any atom is 0.252 e. The number of carbonyl (C=O) groups excluding carboxylic acids is 1. The van der Waals surface area contributed by atoms with Crippen LogP contribution in [0, 0.1) is 12.8 Å². The first-order valence-electron chi connectivity index (χ1n) is 13.0. The van der Waals surface area contributed by atoms with Crippen LogP contribution in [-0.4, -0.2) is 60.9 Å². The van der Waals surface area contributed by atoms with Gasteiger partial charge in [-0.05, 0) is 75.0 Å². The molecule has 0 bridgehead atoms. The average Bonchev–Trinajstić information content (AvgIpc) is 3.58. The van der Waals surface area contributed by atoms with E-state index in [1.165, 1.54) is 12.8 Å². The third kappa shape index (κ3) is 5.41. The Morgan fingerprint density at radius 1 is 1.14 bits per heavy atom. The number of benzene rings is 2. The summed E-state index contributed by atoms with van der Waals surface area (Å²) in [7, 11) is 3.84. The van der Waals surface area contributed by atoms with E-state index in [0.29, 0.717) is 0 Å². The van der Waals surface area contributed by atoms with Gasteiger partial charge in [-0.25, -0.2) is 0 Å². The molecule has 1 saturated heterocycles. The van der Waals surface area contributed by atoms with E-state index in [-0.39, 0.29) is 11.9 Å². The van der Waals surface area contributed by atoms with Crippen molar-refractivity contribution in [1.82, 2.24) is 20.0 Å². The number of hydrogen-bond acceptors (Lipinski definition) is 5. The summed E-state index contributed by atoms with van der Waals surface area (Å²) in [6.45, 7) is 9.02. The van der Waals surface area contributed by atoms with Crippen LogP contribution in [0.4, 0.5) is 5.69 Å². The SMILES string of the molecule is COc1ccc(C(C)NC(=O)c2cc(N3CCN(C)CC3)ccc2C)cc1-c1cnn(CC2CC2)c1. The summed E-state index contributed by atoms with van der Waals surface area (Å²) in [6, 6.07) is 12.2. The highest BCUT2D eigenvalue weighted by molar-refractivity contribution is 5.97. The molecule has 1 amide bonds. The number of nitrogens with zero attached hydrogens (tertiary/aromatic N) is 4. The van der Waals surface area contributed by atoms with Crippen LogP contribution in [0.25, 0.3) is 11.1 Å². The molecule has 5 rings (SSSR count). The van der Waals surface area contributed by atoms with Crippen molar-refractivity contribution in [1.29, 1.82) is 0 Å². The van der Waals surface area contributed by atoms with Gasteiger partial charge in [0.25, 0.3) is 5.91 Å². The molecule has 1 N–H and O–H groups in total.